The molecule has 1 aromatic carbocycles. The number of carbonyl (C=O) groups excluding carboxylic acids is 1. The Kier molecular flexibility index (Phi) is 4.75. The van der Waals surface area contributed by atoms with Gasteiger partial charge in [0.15, 0.2) is 5.82 Å². The van der Waals surface area contributed by atoms with Gasteiger partial charge in [0.05, 0.1) is 0 Å². The molecule has 1 fully saturated rings. The van der Waals surface area contributed by atoms with Gasteiger partial charge in [0.2, 0.25) is 5.95 Å². The third-order valence-electron chi connectivity index (χ3n) is 4.56. The molecule has 10 heteroatoms. The molecule has 152 valence electrons. The lowest BCUT2D eigenvalue weighted by molar-refractivity contribution is 0.251. The third kappa shape index (κ3) is 4.23. The van der Waals surface area contributed by atoms with Gasteiger partial charge in [-0.25, -0.2) is 14.8 Å². The van der Waals surface area contributed by atoms with Gasteiger partial charge < -0.3 is 16.0 Å². The molecule has 0 aliphatic heterocycles. The molecule has 0 bridgehead atoms. The maximum Gasteiger partial charge on any atom is 0.319 e. The summed E-state index contributed by atoms with van der Waals surface area (Å²) in [6, 6.07) is 11.7. The maximum atomic E-state index is 11.9. The normalized spacial score (nSPS) is 13.4. The quantitative estimate of drug-likeness (QED) is 0.352. The molecule has 30 heavy (non-hydrogen) atoms. The van der Waals surface area contributed by atoms with Gasteiger partial charge >= 0.3 is 6.03 Å². The first kappa shape index (κ1) is 18.5. The van der Waals surface area contributed by atoms with Crippen LogP contribution in [0.2, 0.25) is 0 Å². The van der Waals surface area contributed by atoms with Crippen molar-refractivity contribution in [1.82, 2.24) is 29.9 Å². The summed E-state index contributed by atoms with van der Waals surface area (Å²) in [6.45, 7) is 1.94. The van der Waals surface area contributed by atoms with Gasteiger partial charge in [-0.1, -0.05) is 11.8 Å². The molecule has 2 amide bonds. The predicted octanol–water partition coefficient (Wildman–Crippen LogP) is 3.94. The molecule has 0 atom stereocenters. The van der Waals surface area contributed by atoms with Gasteiger partial charge in [0.25, 0.3) is 0 Å². The van der Waals surface area contributed by atoms with Crippen LogP contribution in [0.3, 0.4) is 0 Å². The van der Waals surface area contributed by atoms with E-state index in [0.717, 1.165) is 39.8 Å². The van der Waals surface area contributed by atoms with Gasteiger partial charge in [0.1, 0.15) is 10.7 Å². The molecule has 0 unspecified atom stereocenters. The van der Waals surface area contributed by atoms with Crippen molar-refractivity contribution in [2.75, 3.05) is 10.6 Å². The molecular weight excluding hydrogens is 400 g/mol. The number of hydrogen-bond donors (Lipinski definition) is 4. The number of rotatable bonds is 6. The van der Waals surface area contributed by atoms with Gasteiger partial charge in [-0.3, -0.25) is 9.50 Å². The second kappa shape index (κ2) is 7.71. The number of amides is 2. The Hall–Kier alpha value is -3.53. The van der Waals surface area contributed by atoms with Crippen molar-refractivity contribution < 1.29 is 4.79 Å². The van der Waals surface area contributed by atoms with Crippen LogP contribution < -0.4 is 16.0 Å². The zero-order valence-corrected chi connectivity index (χ0v) is 17.0. The number of nitrogens with zero attached hydrogens (tertiary/aromatic N) is 4. The number of urea groups is 1. The highest BCUT2D eigenvalue weighted by atomic mass is 32.2. The Morgan fingerprint density at radius 3 is 2.80 bits per heavy atom. The van der Waals surface area contributed by atoms with Crippen molar-refractivity contribution in [3.8, 4) is 0 Å². The molecule has 1 saturated carbocycles. The number of H-pyrrole nitrogens is 1. The van der Waals surface area contributed by atoms with E-state index in [0.29, 0.717) is 17.8 Å². The largest absolute Gasteiger partial charge is 0.335 e. The summed E-state index contributed by atoms with van der Waals surface area (Å²) < 4.78 is 1.87. The number of aromatic amines is 1. The van der Waals surface area contributed by atoms with Crippen LogP contribution in [0.5, 0.6) is 0 Å². The van der Waals surface area contributed by atoms with Crippen molar-refractivity contribution in [3.05, 3.63) is 54.5 Å². The molecule has 0 spiro atoms. The number of aryl methyl sites for hydroxylation is 1. The van der Waals surface area contributed by atoms with Gasteiger partial charge in [-0.2, -0.15) is 5.10 Å². The van der Waals surface area contributed by atoms with Crippen LogP contribution in [-0.2, 0) is 0 Å². The van der Waals surface area contributed by atoms with Crippen LogP contribution in [0.4, 0.5) is 22.2 Å². The summed E-state index contributed by atoms with van der Waals surface area (Å²) in [5.74, 6) is 1.33. The van der Waals surface area contributed by atoms with Crippen LogP contribution in [0.15, 0.2) is 58.7 Å². The molecule has 1 aliphatic carbocycles. The highest BCUT2D eigenvalue weighted by Crippen LogP contribution is 2.29. The molecule has 0 radical (unpaired) electrons. The molecule has 4 aromatic rings. The van der Waals surface area contributed by atoms with Crippen molar-refractivity contribution in [1.29, 1.82) is 0 Å². The van der Waals surface area contributed by atoms with E-state index in [1.54, 1.807) is 6.20 Å². The summed E-state index contributed by atoms with van der Waals surface area (Å²) in [7, 11) is 0. The number of aromatic nitrogens is 5. The summed E-state index contributed by atoms with van der Waals surface area (Å²) in [5.41, 5.74) is 2.51. The van der Waals surface area contributed by atoms with Crippen LogP contribution in [0.1, 0.15) is 18.5 Å². The number of fused-ring (bicyclic) bond motifs is 1. The summed E-state index contributed by atoms with van der Waals surface area (Å²) >= 11 is 1.52. The summed E-state index contributed by atoms with van der Waals surface area (Å²) in [4.78, 5) is 22.0. The Bertz CT molecular complexity index is 1200. The molecule has 1 aliphatic rings. The number of hydrogen-bond acceptors (Lipinski definition) is 6. The topological polar surface area (TPSA) is 112 Å². The Balaban J connectivity index is 1.32. The van der Waals surface area contributed by atoms with Crippen molar-refractivity contribution >= 4 is 40.9 Å². The third-order valence-corrected chi connectivity index (χ3v) is 5.49. The van der Waals surface area contributed by atoms with Crippen LogP contribution in [0.25, 0.3) is 5.65 Å². The fraction of sp³-hybridized carbons (Fsp3) is 0.200. The predicted molar refractivity (Wildman–Crippen MR) is 115 cm³/mol. The van der Waals surface area contributed by atoms with Crippen LogP contribution in [0, 0.1) is 6.92 Å². The Morgan fingerprint density at radius 2 is 2.07 bits per heavy atom. The standard InChI is InChI=1S/C20H20N8OS/c1-12-10-16(27-26-12)24-19-25-18(11-17-21-8-9-28(17)19)30-15-6-4-14(5-7-15)23-20(29)22-13-2-3-13/h4-11,13H,2-3H2,1H3,(H2,22,23,29)(H2,24,25,26,27). The lowest BCUT2D eigenvalue weighted by atomic mass is 10.3. The number of benzene rings is 1. The van der Waals surface area contributed by atoms with Crippen molar-refractivity contribution in [3.63, 3.8) is 0 Å². The first-order valence-electron chi connectivity index (χ1n) is 9.61. The number of imidazole rings is 1. The lowest BCUT2D eigenvalue weighted by Crippen LogP contribution is -2.30. The maximum absolute atomic E-state index is 11.9. The fourth-order valence-electron chi connectivity index (χ4n) is 2.95. The fourth-order valence-corrected chi connectivity index (χ4v) is 3.76. The van der Waals surface area contributed by atoms with Crippen LogP contribution >= 0.6 is 11.8 Å². The molecule has 5 rings (SSSR count). The van der Waals surface area contributed by atoms with Gasteiger partial charge in [-0.15, -0.1) is 0 Å². The van der Waals surface area contributed by atoms with Gasteiger partial charge in [0, 0.05) is 46.8 Å². The van der Waals surface area contributed by atoms with E-state index in [1.807, 2.05) is 53.9 Å². The first-order valence-corrected chi connectivity index (χ1v) is 10.4. The molecule has 9 nitrogen and oxygen atoms in total. The second-order valence-corrected chi connectivity index (χ2v) is 8.23. The Labute approximate surface area is 176 Å². The van der Waals surface area contributed by atoms with E-state index in [-0.39, 0.29) is 6.03 Å². The average molecular weight is 421 g/mol. The SMILES string of the molecule is Cc1cc(Nc2nc(Sc3ccc(NC(=O)NC4CC4)cc3)cc3nccn23)n[nH]1. The highest BCUT2D eigenvalue weighted by Gasteiger charge is 2.23. The molecule has 4 N–H and O–H groups in total. The van der Waals surface area contributed by atoms with E-state index >= 15 is 0 Å². The van der Waals surface area contributed by atoms with E-state index in [9.17, 15) is 4.79 Å². The second-order valence-electron chi connectivity index (χ2n) is 7.13. The van der Waals surface area contributed by atoms with E-state index in [4.69, 9.17) is 4.98 Å². The number of carbonyl (C=O) groups is 1. The zero-order valence-electron chi connectivity index (χ0n) is 16.2. The highest BCUT2D eigenvalue weighted by molar-refractivity contribution is 7.99. The van der Waals surface area contributed by atoms with Crippen molar-refractivity contribution in [2.24, 2.45) is 0 Å². The minimum Gasteiger partial charge on any atom is -0.335 e. The number of nitrogens with one attached hydrogen (secondary N) is 4. The smallest absolute Gasteiger partial charge is 0.319 e. The Morgan fingerprint density at radius 1 is 1.23 bits per heavy atom. The van der Waals surface area contributed by atoms with Crippen molar-refractivity contribution in [2.45, 2.75) is 35.7 Å². The molecule has 3 aromatic heterocycles. The van der Waals surface area contributed by atoms with Gasteiger partial charge in [-0.05, 0) is 44.0 Å². The monoisotopic (exact) mass is 420 g/mol. The molecule has 3 heterocycles. The average Bonchev–Trinajstić information content (AvgIpc) is 3.22. The molecular formula is C20H20N8OS. The van der Waals surface area contributed by atoms with E-state index in [1.165, 1.54) is 11.8 Å². The minimum atomic E-state index is -0.159. The minimum absolute atomic E-state index is 0.159. The first-order chi connectivity index (χ1) is 14.6. The lowest BCUT2D eigenvalue weighted by Gasteiger charge is -2.09. The number of anilines is 3. The summed E-state index contributed by atoms with van der Waals surface area (Å²) in [6.07, 6.45) is 5.71. The van der Waals surface area contributed by atoms with Crippen LogP contribution in [-0.4, -0.2) is 36.6 Å². The molecule has 0 saturated heterocycles. The van der Waals surface area contributed by atoms with E-state index in [2.05, 4.69) is 31.1 Å². The zero-order chi connectivity index (χ0) is 20.5. The summed E-state index contributed by atoms with van der Waals surface area (Å²) in [5, 5.41) is 16.9. The van der Waals surface area contributed by atoms with E-state index < -0.39 is 0 Å².